The summed E-state index contributed by atoms with van der Waals surface area (Å²) in [6.45, 7) is 3.07. The van der Waals surface area contributed by atoms with Crippen LogP contribution in [0.4, 0.5) is 5.69 Å². The van der Waals surface area contributed by atoms with E-state index in [4.69, 9.17) is 11.6 Å². The normalized spacial score (nSPS) is 25.2. The molecule has 5 nitrogen and oxygen atoms in total. The molecule has 1 aliphatic carbocycles. The van der Waals surface area contributed by atoms with Crippen molar-refractivity contribution in [2.75, 3.05) is 18.4 Å². The van der Waals surface area contributed by atoms with Crippen molar-refractivity contribution in [1.29, 1.82) is 0 Å². The first kappa shape index (κ1) is 15.8. The number of nitrogens with one attached hydrogen (secondary N) is 1. The van der Waals surface area contributed by atoms with Gasteiger partial charge in [-0.3, -0.25) is 4.79 Å². The Balaban J connectivity index is 1.85. The van der Waals surface area contributed by atoms with Crippen LogP contribution in [-0.2, 0) is 14.8 Å². The topological polar surface area (TPSA) is 66.5 Å². The minimum atomic E-state index is -3.59. The van der Waals surface area contributed by atoms with Gasteiger partial charge in [0.2, 0.25) is 15.9 Å². The molecule has 1 saturated carbocycles. The molecule has 2 atom stereocenters. The lowest BCUT2D eigenvalue weighted by Crippen LogP contribution is -2.28. The van der Waals surface area contributed by atoms with E-state index in [1.807, 2.05) is 6.92 Å². The fraction of sp³-hybridized carbons (Fsp3) is 0.533. The van der Waals surface area contributed by atoms with Gasteiger partial charge < -0.3 is 5.32 Å². The van der Waals surface area contributed by atoms with E-state index in [0.29, 0.717) is 24.7 Å². The van der Waals surface area contributed by atoms with Crippen LogP contribution >= 0.6 is 11.6 Å². The summed E-state index contributed by atoms with van der Waals surface area (Å²) in [6.07, 6.45) is 2.62. The van der Waals surface area contributed by atoms with Gasteiger partial charge >= 0.3 is 0 Å². The molecule has 22 heavy (non-hydrogen) atoms. The van der Waals surface area contributed by atoms with Crippen molar-refractivity contribution >= 4 is 33.2 Å². The molecule has 0 aromatic heterocycles. The van der Waals surface area contributed by atoms with Crippen LogP contribution in [0.3, 0.4) is 0 Å². The fourth-order valence-corrected chi connectivity index (χ4v) is 4.79. The summed E-state index contributed by atoms with van der Waals surface area (Å²) in [6, 6.07) is 4.62. The van der Waals surface area contributed by atoms with Crippen molar-refractivity contribution in [3.63, 3.8) is 0 Å². The number of hydrogen-bond donors (Lipinski definition) is 1. The summed E-state index contributed by atoms with van der Waals surface area (Å²) in [5.74, 6) is 0.383. The van der Waals surface area contributed by atoms with Crippen molar-refractivity contribution in [3.05, 3.63) is 23.2 Å². The monoisotopic (exact) mass is 342 g/mol. The van der Waals surface area contributed by atoms with Crippen molar-refractivity contribution < 1.29 is 13.2 Å². The smallest absolute Gasteiger partial charge is 0.244 e. The van der Waals surface area contributed by atoms with Crippen LogP contribution in [0, 0.1) is 11.8 Å². The van der Waals surface area contributed by atoms with Gasteiger partial charge in [0.05, 0.1) is 5.02 Å². The number of benzene rings is 1. The number of amides is 1. The molecule has 2 fully saturated rings. The standard InChI is InChI=1S/C15H19ClN2O3S/c1-10-8-12(10)15(19)17-11-4-5-13(16)14(9-11)22(20,21)18-6-2-3-7-18/h4-5,9-10,12H,2-3,6-8H2,1H3,(H,17,19)/t10-,12-/m1/s1. The van der Waals surface area contributed by atoms with Crippen molar-refractivity contribution in [1.82, 2.24) is 4.31 Å². The van der Waals surface area contributed by atoms with E-state index in [0.717, 1.165) is 19.3 Å². The lowest BCUT2D eigenvalue weighted by molar-refractivity contribution is -0.117. The Morgan fingerprint density at radius 1 is 1.32 bits per heavy atom. The number of rotatable bonds is 4. The van der Waals surface area contributed by atoms with Crippen molar-refractivity contribution in [3.8, 4) is 0 Å². The summed E-state index contributed by atoms with van der Waals surface area (Å²) in [5, 5.41) is 2.97. The average molecular weight is 343 g/mol. The van der Waals surface area contributed by atoms with E-state index in [1.165, 1.54) is 16.4 Å². The number of hydrogen-bond acceptors (Lipinski definition) is 3. The van der Waals surface area contributed by atoms with Crippen molar-refractivity contribution in [2.45, 2.75) is 31.1 Å². The maximum atomic E-state index is 12.6. The number of carbonyl (C=O) groups is 1. The first-order chi connectivity index (χ1) is 10.4. The van der Waals surface area contributed by atoms with Crippen LogP contribution < -0.4 is 5.32 Å². The molecule has 0 unspecified atom stereocenters. The molecule has 1 heterocycles. The van der Waals surface area contributed by atoms with E-state index in [2.05, 4.69) is 5.32 Å². The molecule has 0 radical (unpaired) electrons. The number of sulfonamides is 1. The molecule has 0 bridgehead atoms. The minimum Gasteiger partial charge on any atom is -0.326 e. The molecular weight excluding hydrogens is 324 g/mol. The van der Waals surface area contributed by atoms with Gasteiger partial charge in [0.1, 0.15) is 4.90 Å². The largest absolute Gasteiger partial charge is 0.326 e. The van der Waals surface area contributed by atoms with Crippen LogP contribution in [0.25, 0.3) is 0 Å². The molecule has 0 spiro atoms. The lowest BCUT2D eigenvalue weighted by Gasteiger charge is -2.17. The van der Waals surface area contributed by atoms with E-state index in [1.54, 1.807) is 6.07 Å². The summed E-state index contributed by atoms with van der Waals surface area (Å²) < 4.78 is 26.7. The third kappa shape index (κ3) is 3.00. The van der Waals surface area contributed by atoms with E-state index >= 15 is 0 Å². The molecule has 1 N–H and O–H groups in total. The van der Waals surface area contributed by atoms with Gasteiger partial charge in [-0.25, -0.2) is 8.42 Å². The van der Waals surface area contributed by atoms with Crippen LogP contribution in [0.2, 0.25) is 5.02 Å². The van der Waals surface area contributed by atoms with Gasteiger partial charge in [0.15, 0.2) is 0 Å². The van der Waals surface area contributed by atoms with Gasteiger partial charge in [-0.1, -0.05) is 18.5 Å². The highest BCUT2D eigenvalue weighted by molar-refractivity contribution is 7.89. The minimum absolute atomic E-state index is 0.0364. The Hall–Kier alpha value is -1.11. The summed E-state index contributed by atoms with van der Waals surface area (Å²) >= 11 is 6.08. The number of anilines is 1. The van der Waals surface area contributed by atoms with Crippen LogP contribution in [0.15, 0.2) is 23.1 Å². The second-order valence-electron chi connectivity index (χ2n) is 6.07. The van der Waals surface area contributed by atoms with Gasteiger partial charge in [-0.15, -0.1) is 0 Å². The highest BCUT2D eigenvalue weighted by Crippen LogP contribution is 2.39. The molecule has 1 aliphatic heterocycles. The maximum absolute atomic E-state index is 12.6. The molecule has 1 saturated heterocycles. The van der Waals surface area contributed by atoms with Crippen LogP contribution in [0.1, 0.15) is 26.2 Å². The zero-order valence-electron chi connectivity index (χ0n) is 12.4. The predicted molar refractivity (Wildman–Crippen MR) is 85.3 cm³/mol. The quantitative estimate of drug-likeness (QED) is 0.914. The Labute approximate surface area is 135 Å². The molecule has 7 heteroatoms. The molecule has 120 valence electrons. The Kier molecular flexibility index (Phi) is 4.18. The second kappa shape index (κ2) is 5.83. The SMILES string of the molecule is C[C@@H]1C[C@H]1C(=O)Nc1ccc(Cl)c(S(=O)(=O)N2CCCC2)c1. The summed E-state index contributed by atoms with van der Waals surface area (Å²) in [5.41, 5.74) is 0.478. The van der Waals surface area contributed by atoms with Crippen LogP contribution in [-0.4, -0.2) is 31.7 Å². The molecular formula is C15H19ClN2O3S. The van der Waals surface area contributed by atoms with E-state index in [9.17, 15) is 13.2 Å². The van der Waals surface area contributed by atoms with Gasteiger partial charge in [-0.05, 0) is 43.4 Å². The summed E-state index contributed by atoms with van der Waals surface area (Å²) in [4.78, 5) is 12.1. The second-order valence-corrected chi connectivity index (χ2v) is 8.38. The van der Waals surface area contributed by atoms with Gasteiger partial charge in [0, 0.05) is 24.7 Å². The van der Waals surface area contributed by atoms with Crippen LogP contribution in [0.5, 0.6) is 0 Å². The predicted octanol–water partition coefficient (Wildman–Crippen LogP) is 2.72. The highest BCUT2D eigenvalue weighted by Gasteiger charge is 2.39. The first-order valence-corrected chi connectivity index (χ1v) is 9.32. The van der Waals surface area contributed by atoms with Gasteiger partial charge in [0.25, 0.3) is 0 Å². The Morgan fingerprint density at radius 2 is 1.95 bits per heavy atom. The number of carbonyl (C=O) groups excluding carboxylic acids is 1. The molecule has 1 aromatic rings. The zero-order chi connectivity index (χ0) is 15.9. The molecule has 3 rings (SSSR count). The lowest BCUT2D eigenvalue weighted by atomic mass is 10.3. The van der Waals surface area contributed by atoms with Crippen molar-refractivity contribution in [2.24, 2.45) is 11.8 Å². The fourth-order valence-electron chi connectivity index (χ4n) is 2.77. The highest BCUT2D eigenvalue weighted by atomic mass is 35.5. The molecule has 1 aromatic carbocycles. The zero-order valence-corrected chi connectivity index (χ0v) is 14.0. The number of nitrogens with zero attached hydrogens (tertiary/aromatic N) is 1. The van der Waals surface area contributed by atoms with Gasteiger partial charge in [-0.2, -0.15) is 4.31 Å². The number of halogens is 1. The first-order valence-electron chi connectivity index (χ1n) is 7.50. The average Bonchev–Trinajstić information content (AvgIpc) is 2.98. The van der Waals surface area contributed by atoms with E-state index < -0.39 is 10.0 Å². The Bertz CT molecular complexity index is 699. The third-order valence-electron chi connectivity index (χ3n) is 4.33. The van der Waals surface area contributed by atoms with E-state index in [-0.39, 0.29) is 21.7 Å². The molecule has 2 aliphatic rings. The Morgan fingerprint density at radius 3 is 2.55 bits per heavy atom. The summed E-state index contributed by atoms with van der Waals surface area (Å²) in [7, 11) is -3.59. The maximum Gasteiger partial charge on any atom is 0.244 e. The third-order valence-corrected chi connectivity index (χ3v) is 6.71. The molecule has 1 amide bonds.